The smallest absolute Gasteiger partial charge is 0.243 e. The molecule has 2 fully saturated rings. The van der Waals surface area contributed by atoms with Gasteiger partial charge in [0.2, 0.25) is 10.0 Å². The highest BCUT2D eigenvalue weighted by molar-refractivity contribution is 7.89. The van der Waals surface area contributed by atoms with Gasteiger partial charge >= 0.3 is 0 Å². The first kappa shape index (κ1) is 16.7. The highest BCUT2D eigenvalue weighted by Gasteiger charge is 2.42. The molecule has 2 aliphatic rings. The average Bonchev–Trinajstić information content (AvgIpc) is 2.66. The first-order valence-electron chi connectivity index (χ1n) is 7.00. The molecule has 2 aliphatic heterocycles. The molecule has 2 atom stereocenters. The molecule has 118 valence electrons. The Balaban J connectivity index is 0.00000161. The van der Waals surface area contributed by atoms with Crippen molar-refractivity contribution >= 4 is 22.4 Å². The van der Waals surface area contributed by atoms with Crippen molar-refractivity contribution in [3.05, 3.63) is 29.6 Å². The molecule has 0 amide bonds. The van der Waals surface area contributed by atoms with E-state index in [9.17, 15) is 12.8 Å². The molecule has 0 spiro atoms. The third-order valence-electron chi connectivity index (χ3n) is 4.29. The molecule has 7 heteroatoms. The zero-order valence-corrected chi connectivity index (χ0v) is 13.5. The number of hydrogen-bond donors (Lipinski definition) is 1. The lowest BCUT2D eigenvalue weighted by Gasteiger charge is -2.27. The van der Waals surface area contributed by atoms with Crippen molar-refractivity contribution in [2.75, 3.05) is 13.1 Å². The standard InChI is InChI=1S/C14H19FN2O2S.ClH/c1-10-8-13(4-5-14(10)15)20(18,19)17-11-2-3-12(17)9-16-7-6-11;/h4-5,8,11-12,16H,2-3,6-7,9H2,1H3;1H. The van der Waals surface area contributed by atoms with Crippen LogP contribution in [0.5, 0.6) is 0 Å². The Morgan fingerprint density at radius 1 is 1.24 bits per heavy atom. The number of nitrogens with one attached hydrogen (secondary N) is 1. The molecule has 0 aromatic heterocycles. The predicted octanol–water partition coefficient (Wildman–Crippen LogP) is 2.07. The number of benzene rings is 1. The van der Waals surface area contributed by atoms with E-state index < -0.39 is 10.0 Å². The summed E-state index contributed by atoms with van der Waals surface area (Å²) in [5.41, 5.74) is 0.367. The Bertz CT molecular complexity index is 609. The molecule has 3 rings (SSSR count). The summed E-state index contributed by atoms with van der Waals surface area (Å²) in [5.74, 6) is -0.371. The van der Waals surface area contributed by atoms with Gasteiger partial charge in [0.15, 0.2) is 0 Å². The lowest BCUT2D eigenvalue weighted by molar-refractivity contribution is 0.334. The second-order valence-corrected chi connectivity index (χ2v) is 7.47. The minimum absolute atomic E-state index is 0. The summed E-state index contributed by atoms with van der Waals surface area (Å²) in [6, 6.07) is 4.14. The Hall–Kier alpha value is -0.690. The van der Waals surface area contributed by atoms with E-state index in [1.165, 1.54) is 18.2 Å². The number of nitrogens with zero attached hydrogens (tertiary/aromatic N) is 1. The van der Waals surface area contributed by atoms with E-state index >= 15 is 0 Å². The molecule has 4 nitrogen and oxygen atoms in total. The Morgan fingerprint density at radius 2 is 1.95 bits per heavy atom. The van der Waals surface area contributed by atoms with Crippen molar-refractivity contribution in [2.45, 2.75) is 43.2 Å². The van der Waals surface area contributed by atoms with E-state index in [-0.39, 0.29) is 35.2 Å². The number of hydrogen-bond acceptors (Lipinski definition) is 3. The minimum Gasteiger partial charge on any atom is -0.315 e. The zero-order chi connectivity index (χ0) is 14.3. The van der Waals surface area contributed by atoms with Gasteiger partial charge in [-0.15, -0.1) is 12.4 Å². The van der Waals surface area contributed by atoms with E-state index in [4.69, 9.17) is 0 Å². The van der Waals surface area contributed by atoms with Gasteiger partial charge in [0.25, 0.3) is 0 Å². The third kappa shape index (κ3) is 2.95. The molecule has 2 unspecified atom stereocenters. The first-order chi connectivity index (χ1) is 9.50. The van der Waals surface area contributed by atoms with Crippen LogP contribution in [0.4, 0.5) is 4.39 Å². The largest absolute Gasteiger partial charge is 0.315 e. The van der Waals surface area contributed by atoms with Crippen molar-refractivity contribution in [1.82, 2.24) is 9.62 Å². The third-order valence-corrected chi connectivity index (χ3v) is 6.29. The normalized spacial score (nSPS) is 26.2. The van der Waals surface area contributed by atoms with E-state index in [1.54, 1.807) is 11.2 Å². The number of aryl methyl sites for hydroxylation is 1. The SMILES string of the molecule is Cc1cc(S(=O)(=O)N2C3CCNCC2CC3)ccc1F.Cl. The summed E-state index contributed by atoms with van der Waals surface area (Å²) in [6.45, 7) is 3.15. The summed E-state index contributed by atoms with van der Waals surface area (Å²) in [6.07, 6.45) is 2.67. The van der Waals surface area contributed by atoms with Crippen LogP contribution in [0.1, 0.15) is 24.8 Å². The topological polar surface area (TPSA) is 49.4 Å². The van der Waals surface area contributed by atoms with Gasteiger partial charge in [-0.2, -0.15) is 4.31 Å². The fourth-order valence-electron chi connectivity index (χ4n) is 3.23. The van der Waals surface area contributed by atoms with Crippen molar-refractivity contribution < 1.29 is 12.8 Å². The van der Waals surface area contributed by atoms with Crippen LogP contribution in [0.25, 0.3) is 0 Å². The van der Waals surface area contributed by atoms with Crippen LogP contribution < -0.4 is 5.32 Å². The molecule has 2 heterocycles. The van der Waals surface area contributed by atoms with Crippen molar-refractivity contribution in [3.63, 3.8) is 0 Å². The summed E-state index contributed by atoms with van der Waals surface area (Å²) in [4.78, 5) is 0.204. The lowest BCUT2D eigenvalue weighted by Crippen LogP contribution is -2.42. The number of sulfonamides is 1. The summed E-state index contributed by atoms with van der Waals surface area (Å²) in [5, 5.41) is 3.29. The fourth-order valence-corrected chi connectivity index (χ4v) is 5.22. The lowest BCUT2D eigenvalue weighted by atomic mass is 10.1. The predicted molar refractivity (Wildman–Crippen MR) is 81.7 cm³/mol. The van der Waals surface area contributed by atoms with Gasteiger partial charge in [0.05, 0.1) is 4.90 Å². The van der Waals surface area contributed by atoms with Gasteiger partial charge in [0, 0.05) is 18.6 Å². The summed E-state index contributed by atoms with van der Waals surface area (Å²) >= 11 is 0. The minimum atomic E-state index is -3.53. The number of halogens is 2. The molecule has 2 saturated heterocycles. The average molecular weight is 335 g/mol. The van der Waals surface area contributed by atoms with Crippen LogP contribution in [0.15, 0.2) is 23.1 Å². The summed E-state index contributed by atoms with van der Waals surface area (Å²) in [7, 11) is -3.53. The molecule has 1 aromatic carbocycles. The Morgan fingerprint density at radius 3 is 2.67 bits per heavy atom. The molecular weight excluding hydrogens is 315 g/mol. The van der Waals surface area contributed by atoms with Crippen LogP contribution in [0.2, 0.25) is 0 Å². The molecule has 0 radical (unpaired) electrons. The molecular formula is C14H20ClFN2O2S. The van der Waals surface area contributed by atoms with Gasteiger partial charge in [-0.25, -0.2) is 12.8 Å². The second-order valence-electron chi connectivity index (χ2n) is 5.62. The maximum atomic E-state index is 13.3. The monoisotopic (exact) mass is 334 g/mol. The van der Waals surface area contributed by atoms with Crippen molar-refractivity contribution in [2.24, 2.45) is 0 Å². The van der Waals surface area contributed by atoms with E-state index in [1.807, 2.05) is 0 Å². The maximum absolute atomic E-state index is 13.3. The van der Waals surface area contributed by atoms with Crippen LogP contribution in [-0.2, 0) is 10.0 Å². The van der Waals surface area contributed by atoms with Crippen molar-refractivity contribution in [3.8, 4) is 0 Å². The van der Waals surface area contributed by atoms with E-state index in [0.29, 0.717) is 12.1 Å². The maximum Gasteiger partial charge on any atom is 0.243 e. The van der Waals surface area contributed by atoms with Crippen molar-refractivity contribution in [1.29, 1.82) is 0 Å². The fraction of sp³-hybridized carbons (Fsp3) is 0.571. The number of rotatable bonds is 2. The number of fused-ring (bicyclic) bond motifs is 2. The van der Waals surface area contributed by atoms with Gasteiger partial charge in [-0.1, -0.05) is 0 Å². The second kappa shape index (κ2) is 6.20. The molecule has 1 aromatic rings. The van der Waals surface area contributed by atoms with Crippen LogP contribution in [-0.4, -0.2) is 37.9 Å². The Kier molecular flexibility index (Phi) is 4.92. The Labute approximate surface area is 131 Å². The van der Waals surface area contributed by atoms with Crippen LogP contribution in [0.3, 0.4) is 0 Å². The summed E-state index contributed by atoms with van der Waals surface area (Å²) < 4.78 is 40.7. The van der Waals surface area contributed by atoms with Gasteiger partial charge < -0.3 is 5.32 Å². The molecule has 2 bridgehead atoms. The molecule has 1 N–H and O–H groups in total. The van der Waals surface area contributed by atoms with Gasteiger partial charge in [-0.3, -0.25) is 0 Å². The van der Waals surface area contributed by atoms with Gasteiger partial charge in [0.1, 0.15) is 5.82 Å². The first-order valence-corrected chi connectivity index (χ1v) is 8.44. The molecule has 0 saturated carbocycles. The van der Waals surface area contributed by atoms with E-state index in [0.717, 1.165) is 25.8 Å². The quantitative estimate of drug-likeness (QED) is 0.900. The molecule has 21 heavy (non-hydrogen) atoms. The van der Waals surface area contributed by atoms with E-state index in [2.05, 4.69) is 5.32 Å². The highest BCUT2D eigenvalue weighted by atomic mass is 35.5. The van der Waals surface area contributed by atoms with Gasteiger partial charge in [-0.05, 0) is 56.5 Å². The zero-order valence-electron chi connectivity index (χ0n) is 11.9. The highest BCUT2D eigenvalue weighted by Crippen LogP contribution is 2.34. The van der Waals surface area contributed by atoms with Crippen LogP contribution in [0, 0.1) is 12.7 Å². The molecule has 0 aliphatic carbocycles. The van der Waals surface area contributed by atoms with Crippen LogP contribution >= 0.6 is 12.4 Å².